The molecule has 0 spiro atoms. The van der Waals surface area contributed by atoms with E-state index in [0.29, 0.717) is 12.2 Å². The topological polar surface area (TPSA) is 112 Å². The van der Waals surface area contributed by atoms with Crippen LogP contribution in [0.4, 0.5) is 5.69 Å². The maximum atomic E-state index is 12.8. The lowest BCUT2D eigenvalue weighted by Crippen LogP contribution is -2.42. The van der Waals surface area contributed by atoms with E-state index in [-0.39, 0.29) is 18.1 Å². The quantitative estimate of drug-likeness (QED) is 0.304. The molecule has 0 saturated heterocycles. The maximum Gasteiger partial charge on any atom is 0.254 e. The predicted octanol–water partition coefficient (Wildman–Crippen LogP) is 3.72. The van der Waals surface area contributed by atoms with E-state index in [0.717, 1.165) is 11.1 Å². The van der Waals surface area contributed by atoms with Gasteiger partial charge in [-0.2, -0.15) is 10.2 Å². The van der Waals surface area contributed by atoms with Gasteiger partial charge in [0.25, 0.3) is 5.91 Å². The van der Waals surface area contributed by atoms with Gasteiger partial charge >= 0.3 is 0 Å². The zero-order chi connectivity index (χ0) is 21.2. The first kappa shape index (κ1) is 20.7. The van der Waals surface area contributed by atoms with Gasteiger partial charge in [0.05, 0.1) is 12.2 Å². The van der Waals surface area contributed by atoms with Crippen LogP contribution in [0, 0.1) is 0 Å². The van der Waals surface area contributed by atoms with Crippen molar-refractivity contribution in [1.82, 2.24) is 5.32 Å². The van der Waals surface area contributed by atoms with Crippen LogP contribution in [0.5, 0.6) is 5.75 Å². The Morgan fingerprint density at radius 2 is 1.53 bits per heavy atom. The first-order valence-electron chi connectivity index (χ1n) is 9.47. The molecule has 30 heavy (non-hydrogen) atoms. The summed E-state index contributed by atoms with van der Waals surface area (Å²) in [5.41, 5.74) is 8.55. The Bertz CT molecular complexity index is 1000. The molecule has 7 heteroatoms. The molecule has 0 heterocycles. The first-order valence-corrected chi connectivity index (χ1v) is 9.47. The van der Waals surface area contributed by atoms with Crippen LogP contribution in [-0.4, -0.2) is 22.9 Å². The summed E-state index contributed by atoms with van der Waals surface area (Å²) >= 11 is 0. The van der Waals surface area contributed by atoms with Crippen molar-refractivity contribution in [2.24, 2.45) is 21.0 Å². The third-order valence-corrected chi connectivity index (χ3v) is 4.26. The van der Waals surface area contributed by atoms with E-state index in [2.05, 4.69) is 20.5 Å². The molecule has 4 N–H and O–H groups in total. The first-order chi connectivity index (χ1) is 14.6. The summed E-state index contributed by atoms with van der Waals surface area (Å²) in [5.74, 6) is -0.157. The summed E-state index contributed by atoms with van der Waals surface area (Å²) < 4.78 is 0. The van der Waals surface area contributed by atoms with Gasteiger partial charge in [0.15, 0.2) is 0 Å². The van der Waals surface area contributed by atoms with E-state index < -0.39 is 11.9 Å². The van der Waals surface area contributed by atoms with Crippen LogP contribution in [0.2, 0.25) is 0 Å². The lowest BCUT2D eigenvalue weighted by molar-refractivity contribution is -0.121. The minimum Gasteiger partial charge on any atom is -0.508 e. The zero-order valence-corrected chi connectivity index (χ0v) is 16.3. The number of hydrogen-bond donors (Lipinski definition) is 3. The van der Waals surface area contributed by atoms with E-state index in [1.165, 1.54) is 0 Å². The maximum absolute atomic E-state index is 12.8. The standard InChI is InChI=1S/C23H23N5O2/c24-22(25-15-17-7-3-1-4-8-17)21(28-27-19-9-5-2-6-10-19)23(30)26-16-18-11-13-20(29)14-12-18/h1-14,21,29H,15-16H2,(H2,24,25)(H,26,30)/b28-27+. The molecule has 0 aliphatic carbocycles. The zero-order valence-electron chi connectivity index (χ0n) is 16.3. The molecule has 0 radical (unpaired) electrons. The van der Waals surface area contributed by atoms with Crippen LogP contribution in [-0.2, 0) is 17.9 Å². The molecule has 0 aliphatic heterocycles. The summed E-state index contributed by atoms with van der Waals surface area (Å²) in [4.78, 5) is 17.1. The van der Waals surface area contributed by atoms with Crippen LogP contribution in [0.3, 0.4) is 0 Å². The number of aromatic hydroxyl groups is 1. The van der Waals surface area contributed by atoms with Crippen LogP contribution in [0.1, 0.15) is 11.1 Å². The number of amides is 1. The Kier molecular flexibility index (Phi) is 7.27. The van der Waals surface area contributed by atoms with Crippen LogP contribution >= 0.6 is 0 Å². The number of rotatable bonds is 8. The molecule has 0 fully saturated rings. The molecular weight excluding hydrogens is 378 g/mol. The Balaban J connectivity index is 1.74. The van der Waals surface area contributed by atoms with Gasteiger partial charge in [0.2, 0.25) is 6.04 Å². The summed E-state index contributed by atoms with van der Waals surface area (Å²) in [6.07, 6.45) is 0. The minimum atomic E-state index is -1.05. The van der Waals surface area contributed by atoms with Crippen molar-refractivity contribution in [3.05, 3.63) is 96.1 Å². The fraction of sp³-hybridized carbons (Fsp3) is 0.130. The normalized spacial score (nSPS) is 12.6. The fourth-order valence-corrected chi connectivity index (χ4v) is 2.62. The van der Waals surface area contributed by atoms with Crippen molar-refractivity contribution in [2.45, 2.75) is 19.1 Å². The number of hydrogen-bond acceptors (Lipinski definition) is 5. The van der Waals surface area contributed by atoms with Gasteiger partial charge in [0.1, 0.15) is 11.6 Å². The summed E-state index contributed by atoms with van der Waals surface area (Å²) in [7, 11) is 0. The molecule has 3 aromatic carbocycles. The van der Waals surface area contributed by atoms with Crippen LogP contribution in [0.15, 0.2) is 100 Å². The molecule has 3 rings (SSSR count). The number of carbonyl (C=O) groups is 1. The molecule has 7 nitrogen and oxygen atoms in total. The Morgan fingerprint density at radius 3 is 2.20 bits per heavy atom. The number of amidine groups is 1. The van der Waals surface area contributed by atoms with E-state index in [1.807, 2.05) is 48.5 Å². The molecule has 0 aromatic heterocycles. The van der Waals surface area contributed by atoms with Crippen molar-refractivity contribution in [1.29, 1.82) is 0 Å². The summed E-state index contributed by atoms with van der Waals surface area (Å²) in [5, 5.41) is 20.5. The van der Waals surface area contributed by atoms with E-state index in [9.17, 15) is 9.90 Å². The SMILES string of the molecule is N/C(=N\Cc1ccccc1)C(/N=N/c1ccccc1)C(=O)NCc1ccc(O)cc1. The van der Waals surface area contributed by atoms with Gasteiger partial charge in [0, 0.05) is 6.54 Å². The lowest BCUT2D eigenvalue weighted by atomic mass is 10.2. The highest BCUT2D eigenvalue weighted by Crippen LogP contribution is 2.13. The van der Waals surface area contributed by atoms with Gasteiger partial charge < -0.3 is 16.2 Å². The summed E-state index contributed by atoms with van der Waals surface area (Å²) in [6, 6.07) is 24.2. The third-order valence-electron chi connectivity index (χ3n) is 4.26. The van der Waals surface area contributed by atoms with Crippen molar-refractivity contribution in [3.63, 3.8) is 0 Å². The second kappa shape index (κ2) is 10.5. The average Bonchev–Trinajstić information content (AvgIpc) is 2.79. The lowest BCUT2D eigenvalue weighted by Gasteiger charge is -2.12. The monoisotopic (exact) mass is 401 g/mol. The Labute approximate surface area is 175 Å². The number of nitrogens with one attached hydrogen (secondary N) is 1. The predicted molar refractivity (Wildman–Crippen MR) is 116 cm³/mol. The number of carbonyl (C=O) groups excluding carboxylic acids is 1. The highest BCUT2D eigenvalue weighted by atomic mass is 16.3. The fourth-order valence-electron chi connectivity index (χ4n) is 2.62. The molecule has 0 saturated carbocycles. The molecule has 0 aliphatic rings. The van der Waals surface area contributed by atoms with E-state index in [1.54, 1.807) is 36.4 Å². The highest BCUT2D eigenvalue weighted by molar-refractivity contribution is 6.06. The van der Waals surface area contributed by atoms with Crippen molar-refractivity contribution >= 4 is 17.4 Å². The molecule has 152 valence electrons. The van der Waals surface area contributed by atoms with Gasteiger partial charge in [-0.3, -0.25) is 9.79 Å². The van der Waals surface area contributed by atoms with Crippen molar-refractivity contribution in [3.8, 4) is 5.75 Å². The number of phenolic OH excluding ortho intramolecular Hbond substituents is 1. The molecule has 3 aromatic rings. The Hall–Kier alpha value is -4.00. The van der Waals surface area contributed by atoms with Gasteiger partial charge in [-0.1, -0.05) is 60.7 Å². The number of phenols is 1. The molecule has 1 amide bonds. The number of nitrogens with two attached hydrogens (primary N) is 1. The van der Waals surface area contributed by atoms with Crippen LogP contribution < -0.4 is 11.1 Å². The van der Waals surface area contributed by atoms with Gasteiger partial charge in [-0.25, -0.2) is 0 Å². The van der Waals surface area contributed by atoms with Crippen molar-refractivity contribution in [2.75, 3.05) is 0 Å². The average molecular weight is 401 g/mol. The Morgan fingerprint density at radius 1 is 0.900 bits per heavy atom. The van der Waals surface area contributed by atoms with Crippen molar-refractivity contribution < 1.29 is 9.90 Å². The third kappa shape index (κ3) is 6.27. The molecule has 1 atom stereocenters. The van der Waals surface area contributed by atoms with Crippen LogP contribution in [0.25, 0.3) is 0 Å². The number of azo groups is 1. The second-order valence-corrected chi connectivity index (χ2v) is 6.56. The smallest absolute Gasteiger partial charge is 0.254 e. The largest absolute Gasteiger partial charge is 0.508 e. The van der Waals surface area contributed by atoms with E-state index >= 15 is 0 Å². The van der Waals surface area contributed by atoms with Gasteiger partial charge in [-0.05, 0) is 35.4 Å². The summed E-state index contributed by atoms with van der Waals surface area (Å²) in [6.45, 7) is 0.609. The molecule has 0 bridgehead atoms. The minimum absolute atomic E-state index is 0.0849. The molecule has 1 unspecified atom stereocenters. The van der Waals surface area contributed by atoms with E-state index in [4.69, 9.17) is 5.73 Å². The second-order valence-electron chi connectivity index (χ2n) is 6.56. The number of aliphatic imine (C=N–C) groups is 1. The molecular formula is C23H23N5O2. The van der Waals surface area contributed by atoms with Gasteiger partial charge in [-0.15, -0.1) is 0 Å². The number of benzene rings is 3. The highest BCUT2D eigenvalue weighted by Gasteiger charge is 2.22. The number of nitrogens with zero attached hydrogens (tertiary/aromatic N) is 3.